The normalized spacial score (nSPS) is 18.7. The molecular formula is C16H19NO3S. The van der Waals surface area contributed by atoms with Crippen LogP contribution in [0, 0.1) is 12.8 Å². The topological polar surface area (TPSA) is 53.7 Å². The molecule has 1 aliphatic rings. The number of carboxylic acid groups (broad SMARTS) is 1. The van der Waals surface area contributed by atoms with Crippen molar-refractivity contribution in [3.05, 3.63) is 46.0 Å². The molecule has 4 nitrogen and oxygen atoms in total. The third-order valence-electron chi connectivity index (χ3n) is 4.09. The molecule has 1 fully saturated rings. The summed E-state index contributed by atoms with van der Waals surface area (Å²) < 4.78 is 5.64. The summed E-state index contributed by atoms with van der Waals surface area (Å²) in [5.74, 6) is 0.0605. The summed E-state index contributed by atoms with van der Waals surface area (Å²) in [5.41, 5.74) is 0. The highest BCUT2D eigenvalue weighted by molar-refractivity contribution is 7.12. The van der Waals surface area contributed by atoms with Gasteiger partial charge < -0.3 is 9.52 Å². The minimum Gasteiger partial charge on any atom is -0.481 e. The number of aryl methyl sites for hydroxylation is 1. The van der Waals surface area contributed by atoms with Gasteiger partial charge in [-0.2, -0.15) is 0 Å². The Kier molecular flexibility index (Phi) is 4.12. The number of likely N-dealkylation sites (tertiary alicyclic amines) is 1. The van der Waals surface area contributed by atoms with Crippen LogP contribution in [0.15, 0.2) is 34.9 Å². The lowest BCUT2D eigenvalue weighted by Crippen LogP contribution is -2.38. The van der Waals surface area contributed by atoms with Crippen molar-refractivity contribution in [2.45, 2.75) is 25.8 Å². The lowest BCUT2D eigenvalue weighted by Gasteiger charge is -2.35. The second kappa shape index (κ2) is 6.03. The van der Waals surface area contributed by atoms with Crippen molar-refractivity contribution in [3.8, 4) is 0 Å². The Morgan fingerprint density at radius 3 is 2.67 bits per heavy atom. The second-order valence-corrected chi connectivity index (χ2v) is 6.83. The van der Waals surface area contributed by atoms with Crippen LogP contribution in [-0.4, -0.2) is 29.1 Å². The third-order valence-corrected chi connectivity index (χ3v) is 5.14. The highest BCUT2D eigenvalue weighted by atomic mass is 32.1. The second-order valence-electron chi connectivity index (χ2n) is 5.51. The van der Waals surface area contributed by atoms with Crippen molar-refractivity contribution in [3.63, 3.8) is 0 Å². The maximum Gasteiger partial charge on any atom is 0.306 e. The van der Waals surface area contributed by atoms with E-state index in [-0.39, 0.29) is 12.0 Å². The van der Waals surface area contributed by atoms with Gasteiger partial charge in [0.1, 0.15) is 11.8 Å². The Morgan fingerprint density at radius 2 is 2.14 bits per heavy atom. The quantitative estimate of drug-likeness (QED) is 0.939. The molecule has 2 aromatic heterocycles. The van der Waals surface area contributed by atoms with E-state index in [1.807, 2.05) is 12.1 Å². The van der Waals surface area contributed by atoms with Crippen LogP contribution in [0.25, 0.3) is 0 Å². The van der Waals surface area contributed by atoms with Crippen LogP contribution in [0.1, 0.15) is 34.4 Å². The summed E-state index contributed by atoms with van der Waals surface area (Å²) in [4.78, 5) is 16.0. The first kappa shape index (κ1) is 14.4. The van der Waals surface area contributed by atoms with E-state index in [0.717, 1.165) is 18.8 Å². The number of furan rings is 1. The van der Waals surface area contributed by atoms with Crippen LogP contribution in [0.5, 0.6) is 0 Å². The average Bonchev–Trinajstić information content (AvgIpc) is 3.12. The van der Waals surface area contributed by atoms with Gasteiger partial charge in [-0.1, -0.05) is 0 Å². The standard InChI is InChI=1S/C16H19NO3S/c1-11-4-5-14(21-11)15(13-3-2-10-20-13)17-8-6-12(7-9-17)16(18)19/h2-5,10,12,15H,6-9H2,1H3,(H,18,19). The Labute approximate surface area is 128 Å². The van der Waals surface area contributed by atoms with Crippen molar-refractivity contribution >= 4 is 17.3 Å². The number of hydrogen-bond donors (Lipinski definition) is 1. The van der Waals surface area contributed by atoms with E-state index in [4.69, 9.17) is 9.52 Å². The number of aliphatic carboxylic acids is 1. The molecule has 1 aliphatic heterocycles. The summed E-state index contributed by atoms with van der Waals surface area (Å²) in [6.07, 6.45) is 3.11. The molecule has 3 rings (SSSR count). The summed E-state index contributed by atoms with van der Waals surface area (Å²) in [7, 11) is 0. The van der Waals surface area contributed by atoms with Gasteiger partial charge in [0.05, 0.1) is 12.2 Å². The van der Waals surface area contributed by atoms with Crippen LogP contribution in [0.2, 0.25) is 0 Å². The number of thiophene rings is 1. The zero-order valence-electron chi connectivity index (χ0n) is 12.0. The molecule has 1 N–H and O–H groups in total. The van der Waals surface area contributed by atoms with Gasteiger partial charge >= 0.3 is 5.97 Å². The highest BCUT2D eigenvalue weighted by Gasteiger charge is 2.31. The Bertz CT molecular complexity index is 597. The maximum absolute atomic E-state index is 11.1. The van der Waals surface area contributed by atoms with E-state index in [9.17, 15) is 4.79 Å². The van der Waals surface area contributed by atoms with E-state index in [0.29, 0.717) is 12.8 Å². The third kappa shape index (κ3) is 3.04. The number of carbonyl (C=O) groups is 1. The fourth-order valence-corrected chi connectivity index (χ4v) is 3.97. The lowest BCUT2D eigenvalue weighted by molar-refractivity contribution is -0.143. The fraction of sp³-hybridized carbons (Fsp3) is 0.438. The van der Waals surface area contributed by atoms with Gasteiger partial charge in [0, 0.05) is 22.8 Å². The molecular weight excluding hydrogens is 286 g/mol. The molecule has 21 heavy (non-hydrogen) atoms. The van der Waals surface area contributed by atoms with Crippen molar-refractivity contribution in [1.82, 2.24) is 4.90 Å². The molecule has 0 bridgehead atoms. The molecule has 0 aromatic carbocycles. The minimum atomic E-state index is -0.670. The Balaban J connectivity index is 1.82. The van der Waals surface area contributed by atoms with Crippen LogP contribution in [0.3, 0.4) is 0 Å². The van der Waals surface area contributed by atoms with Crippen LogP contribution in [-0.2, 0) is 4.79 Å². The number of hydrogen-bond acceptors (Lipinski definition) is 4. The smallest absolute Gasteiger partial charge is 0.306 e. The highest BCUT2D eigenvalue weighted by Crippen LogP contribution is 2.36. The summed E-state index contributed by atoms with van der Waals surface area (Å²) >= 11 is 1.78. The molecule has 3 heterocycles. The molecule has 0 radical (unpaired) electrons. The number of carboxylic acids is 1. The first-order chi connectivity index (χ1) is 10.1. The molecule has 0 aliphatic carbocycles. The number of nitrogens with zero attached hydrogens (tertiary/aromatic N) is 1. The van der Waals surface area contributed by atoms with E-state index in [1.165, 1.54) is 9.75 Å². The van der Waals surface area contributed by atoms with Gasteiger partial charge in [0.25, 0.3) is 0 Å². The predicted octanol–water partition coefficient (Wildman–Crippen LogP) is 3.54. The first-order valence-electron chi connectivity index (χ1n) is 7.22. The van der Waals surface area contributed by atoms with Gasteiger partial charge in [-0.3, -0.25) is 9.69 Å². The van der Waals surface area contributed by atoms with Crippen LogP contribution < -0.4 is 0 Å². The fourth-order valence-electron chi connectivity index (χ4n) is 2.95. The summed E-state index contributed by atoms with van der Waals surface area (Å²) in [6.45, 7) is 3.68. The SMILES string of the molecule is Cc1ccc(C(c2ccco2)N2CCC(C(=O)O)CC2)s1. The molecule has 1 atom stereocenters. The van der Waals surface area contributed by atoms with Crippen molar-refractivity contribution in [1.29, 1.82) is 0 Å². The Morgan fingerprint density at radius 1 is 1.38 bits per heavy atom. The van der Waals surface area contributed by atoms with Gasteiger partial charge in [-0.15, -0.1) is 11.3 Å². The van der Waals surface area contributed by atoms with E-state index in [1.54, 1.807) is 17.6 Å². The molecule has 1 saturated heterocycles. The van der Waals surface area contributed by atoms with Crippen LogP contribution in [0.4, 0.5) is 0 Å². The van der Waals surface area contributed by atoms with Crippen LogP contribution >= 0.6 is 11.3 Å². The van der Waals surface area contributed by atoms with Crippen molar-refractivity contribution in [2.24, 2.45) is 5.92 Å². The lowest BCUT2D eigenvalue weighted by atomic mass is 9.95. The largest absolute Gasteiger partial charge is 0.481 e. The molecule has 5 heteroatoms. The van der Waals surface area contributed by atoms with Gasteiger partial charge in [0.2, 0.25) is 0 Å². The number of rotatable bonds is 4. The van der Waals surface area contributed by atoms with Crippen molar-refractivity contribution in [2.75, 3.05) is 13.1 Å². The zero-order valence-corrected chi connectivity index (χ0v) is 12.8. The van der Waals surface area contributed by atoms with Gasteiger partial charge in [-0.05, 0) is 44.0 Å². The number of piperidine rings is 1. The average molecular weight is 305 g/mol. The molecule has 1 unspecified atom stereocenters. The van der Waals surface area contributed by atoms with Crippen molar-refractivity contribution < 1.29 is 14.3 Å². The summed E-state index contributed by atoms with van der Waals surface area (Å²) in [5, 5.41) is 9.13. The van der Waals surface area contributed by atoms with Gasteiger partial charge in [0.15, 0.2) is 0 Å². The Hall–Kier alpha value is -1.59. The van der Waals surface area contributed by atoms with Gasteiger partial charge in [-0.25, -0.2) is 0 Å². The first-order valence-corrected chi connectivity index (χ1v) is 8.03. The van der Waals surface area contributed by atoms with E-state index >= 15 is 0 Å². The minimum absolute atomic E-state index is 0.105. The molecule has 112 valence electrons. The molecule has 0 saturated carbocycles. The molecule has 0 spiro atoms. The summed E-state index contributed by atoms with van der Waals surface area (Å²) in [6, 6.07) is 8.29. The maximum atomic E-state index is 11.1. The monoisotopic (exact) mass is 305 g/mol. The molecule has 0 amide bonds. The molecule has 2 aromatic rings. The van der Waals surface area contributed by atoms with E-state index in [2.05, 4.69) is 24.0 Å². The zero-order chi connectivity index (χ0) is 14.8. The van der Waals surface area contributed by atoms with E-state index < -0.39 is 5.97 Å². The predicted molar refractivity (Wildman–Crippen MR) is 81.5 cm³/mol.